The summed E-state index contributed by atoms with van der Waals surface area (Å²) in [6.07, 6.45) is 0. The fraction of sp³-hybridized carbons (Fsp3) is 0.529. The van der Waals surface area contributed by atoms with Gasteiger partial charge in [0.1, 0.15) is 24.5 Å². The molecular formula is C17H31NSi3. The van der Waals surface area contributed by atoms with Crippen molar-refractivity contribution in [1.82, 2.24) is 0 Å². The lowest BCUT2D eigenvalue weighted by Crippen LogP contribution is -2.59. The van der Waals surface area contributed by atoms with Crippen molar-refractivity contribution in [2.75, 3.05) is 4.23 Å². The minimum atomic E-state index is -1.36. The van der Waals surface area contributed by atoms with Gasteiger partial charge in [0.15, 0.2) is 0 Å². The molecule has 1 aromatic rings. The molecule has 0 atom stereocenters. The number of anilines is 1. The van der Waals surface area contributed by atoms with E-state index in [0.29, 0.717) is 0 Å². The van der Waals surface area contributed by atoms with E-state index in [1.165, 1.54) is 5.69 Å². The van der Waals surface area contributed by atoms with E-state index >= 15 is 0 Å². The Labute approximate surface area is 135 Å². The minimum absolute atomic E-state index is 1.15. The van der Waals surface area contributed by atoms with Crippen LogP contribution in [0.1, 0.15) is 5.56 Å². The quantitative estimate of drug-likeness (QED) is 0.529. The Morgan fingerprint density at radius 2 is 1.14 bits per heavy atom. The van der Waals surface area contributed by atoms with Crippen LogP contribution in [-0.4, -0.2) is 24.5 Å². The smallest absolute Gasteiger partial charge is 0.138 e. The van der Waals surface area contributed by atoms with Crippen molar-refractivity contribution < 1.29 is 0 Å². The molecule has 0 saturated heterocycles. The zero-order chi connectivity index (χ0) is 16.5. The first-order valence-electron chi connectivity index (χ1n) is 7.74. The summed E-state index contributed by atoms with van der Waals surface area (Å²) in [4.78, 5) is 0. The third kappa shape index (κ3) is 5.85. The molecular weight excluding hydrogens is 302 g/mol. The van der Waals surface area contributed by atoms with Crippen molar-refractivity contribution in [2.24, 2.45) is 0 Å². The molecule has 0 aliphatic rings. The van der Waals surface area contributed by atoms with Gasteiger partial charge in [0.2, 0.25) is 0 Å². The Morgan fingerprint density at radius 3 is 1.48 bits per heavy atom. The van der Waals surface area contributed by atoms with Crippen LogP contribution in [0.5, 0.6) is 0 Å². The Morgan fingerprint density at radius 1 is 0.714 bits per heavy atom. The molecule has 0 aliphatic carbocycles. The van der Waals surface area contributed by atoms with E-state index in [1.807, 2.05) is 0 Å². The normalized spacial score (nSPS) is 12.6. The molecule has 0 aliphatic heterocycles. The first kappa shape index (κ1) is 18.3. The Kier molecular flexibility index (Phi) is 5.36. The predicted octanol–water partition coefficient (Wildman–Crippen LogP) is 5.39. The van der Waals surface area contributed by atoms with Gasteiger partial charge in [-0.05, 0) is 24.3 Å². The second-order valence-corrected chi connectivity index (χ2v) is 23.5. The lowest BCUT2D eigenvalue weighted by atomic mass is 10.2. The molecule has 0 unspecified atom stereocenters. The first-order valence-corrected chi connectivity index (χ1v) is 18.1. The summed E-state index contributed by atoms with van der Waals surface area (Å²) in [5, 5.41) is 0. The van der Waals surface area contributed by atoms with Gasteiger partial charge < -0.3 is 4.23 Å². The van der Waals surface area contributed by atoms with E-state index < -0.39 is 24.5 Å². The molecule has 1 nitrogen and oxygen atoms in total. The highest BCUT2D eigenvalue weighted by Gasteiger charge is 2.34. The lowest BCUT2D eigenvalue weighted by molar-refractivity contribution is 1.35. The van der Waals surface area contributed by atoms with Crippen LogP contribution >= 0.6 is 0 Å². The fourth-order valence-electron chi connectivity index (χ4n) is 2.73. The largest absolute Gasteiger partial charge is 0.425 e. The van der Waals surface area contributed by atoms with Gasteiger partial charge in [0.05, 0.1) is 0 Å². The van der Waals surface area contributed by atoms with E-state index in [9.17, 15) is 0 Å². The van der Waals surface area contributed by atoms with Crippen LogP contribution in [0.4, 0.5) is 5.69 Å². The molecule has 0 fully saturated rings. The van der Waals surface area contributed by atoms with Crippen LogP contribution in [0.3, 0.4) is 0 Å². The summed E-state index contributed by atoms with van der Waals surface area (Å²) in [7, 11) is -4.02. The number of rotatable bonds is 3. The molecule has 0 amide bonds. The van der Waals surface area contributed by atoms with Gasteiger partial charge in [-0.25, -0.2) is 0 Å². The molecule has 0 aromatic heterocycles. The third-order valence-corrected chi connectivity index (χ3v) is 11.1. The fourth-order valence-corrected chi connectivity index (χ4v) is 13.2. The van der Waals surface area contributed by atoms with Crippen LogP contribution in [0.2, 0.25) is 58.9 Å². The molecule has 0 N–H and O–H groups in total. The van der Waals surface area contributed by atoms with E-state index in [1.54, 1.807) is 0 Å². The summed E-state index contributed by atoms with van der Waals surface area (Å²) < 4.78 is 2.75. The molecule has 116 valence electrons. The molecule has 0 heterocycles. The number of benzene rings is 1. The van der Waals surface area contributed by atoms with Gasteiger partial charge >= 0.3 is 0 Å². The van der Waals surface area contributed by atoms with Crippen molar-refractivity contribution in [3.63, 3.8) is 0 Å². The Hall–Kier alpha value is -0.769. The molecule has 4 heteroatoms. The van der Waals surface area contributed by atoms with Gasteiger partial charge in [-0.15, -0.1) is 5.54 Å². The van der Waals surface area contributed by atoms with Crippen LogP contribution in [-0.2, 0) is 0 Å². The second-order valence-electron chi connectivity index (χ2n) is 8.72. The summed E-state index contributed by atoms with van der Waals surface area (Å²) in [6.45, 7) is 21.5. The summed E-state index contributed by atoms with van der Waals surface area (Å²) in [5.74, 6) is 3.34. The Balaban J connectivity index is 3.13. The average molecular weight is 334 g/mol. The zero-order valence-corrected chi connectivity index (χ0v) is 18.3. The molecule has 0 saturated carbocycles. The van der Waals surface area contributed by atoms with Gasteiger partial charge in [0.25, 0.3) is 0 Å². The van der Waals surface area contributed by atoms with E-state index in [0.717, 1.165) is 5.56 Å². The predicted molar refractivity (Wildman–Crippen MR) is 106 cm³/mol. The number of nitrogens with zero attached hydrogens (tertiary/aromatic N) is 1. The van der Waals surface area contributed by atoms with Gasteiger partial charge in [-0.3, -0.25) is 0 Å². The maximum atomic E-state index is 3.44. The molecule has 1 rings (SSSR count). The SMILES string of the molecule is C[Si](C)(C)C#Cc1ccc(N([Si](C)(C)C)[Si](C)(C)C)cc1. The average Bonchev–Trinajstić information content (AvgIpc) is 2.23. The standard InChI is InChI=1S/C17H31NSi3/c1-19(2,3)15-14-16-10-12-17(13-11-16)18(20(4,5)6)21(7,8)9/h10-13H,1-9H3. The molecule has 21 heavy (non-hydrogen) atoms. The monoisotopic (exact) mass is 333 g/mol. The number of hydrogen-bond donors (Lipinski definition) is 0. The summed E-state index contributed by atoms with van der Waals surface area (Å²) in [5.41, 5.74) is 5.97. The summed E-state index contributed by atoms with van der Waals surface area (Å²) in [6, 6.07) is 8.92. The topological polar surface area (TPSA) is 3.24 Å². The van der Waals surface area contributed by atoms with Crippen molar-refractivity contribution >= 4 is 30.2 Å². The van der Waals surface area contributed by atoms with Crippen molar-refractivity contribution in [3.05, 3.63) is 29.8 Å². The first-order chi connectivity index (χ1) is 9.31. The van der Waals surface area contributed by atoms with Gasteiger partial charge in [-0.2, -0.15) is 0 Å². The van der Waals surface area contributed by atoms with Gasteiger partial charge in [-0.1, -0.05) is 64.8 Å². The van der Waals surface area contributed by atoms with Crippen LogP contribution in [0.25, 0.3) is 0 Å². The molecule has 0 radical (unpaired) electrons. The maximum Gasteiger partial charge on any atom is 0.138 e. The van der Waals surface area contributed by atoms with Crippen LogP contribution < -0.4 is 4.23 Å². The van der Waals surface area contributed by atoms with Crippen molar-refractivity contribution in [1.29, 1.82) is 0 Å². The van der Waals surface area contributed by atoms with Crippen LogP contribution in [0.15, 0.2) is 24.3 Å². The van der Waals surface area contributed by atoms with Gasteiger partial charge in [0, 0.05) is 11.3 Å². The van der Waals surface area contributed by atoms with Crippen molar-refractivity contribution in [2.45, 2.75) is 58.9 Å². The Bertz CT molecular complexity index is 517. The van der Waals surface area contributed by atoms with E-state index in [2.05, 4.69) is 98.9 Å². The minimum Gasteiger partial charge on any atom is -0.425 e. The second kappa shape index (κ2) is 6.15. The van der Waals surface area contributed by atoms with E-state index in [-0.39, 0.29) is 0 Å². The molecule has 0 spiro atoms. The summed E-state index contributed by atoms with van der Waals surface area (Å²) >= 11 is 0. The highest BCUT2D eigenvalue weighted by molar-refractivity contribution is 6.99. The van der Waals surface area contributed by atoms with Crippen molar-refractivity contribution in [3.8, 4) is 11.5 Å². The molecule has 1 aromatic carbocycles. The number of hydrogen-bond acceptors (Lipinski definition) is 1. The van der Waals surface area contributed by atoms with E-state index in [4.69, 9.17) is 0 Å². The highest BCUT2D eigenvalue weighted by atomic mass is 28.4. The maximum absolute atomic E-state index is 3.44. The lowest BCUT2D eigenvalue weighted by Gasteiger charge is -2.46. The van der Waals surface area contributed by atoms with Crippen LogP contribution in [0, 0.1) is 11.5 Å². The zero-order valence-electron chi connectivity index (χ0n) is 15.3. The third-order valence-electron chi connectivity index (χ3n) is 3.05. The highest BCUT2D eigenvalue weighted by Crippen LogP contribution is 2.28. The molecule has 0 bridgehead atoms.